The summed E-state index contributed by atoms with van der Waals surface area (Å²) in [6.45, 7) is 11.2. The summed E-state index contributed by atoms with van der Waals surface area (Å²) >= 11 is 0. The summed E-state index contributed by atoms with van der Waals surface area (Å²) in [5.41, 5.74) is 0.689. The number of rotatable bonds is 12. The number of carbonyl (C=O) groups is 2. The number of ether oxygens (including phenoxy) is 4. The monoisotopic (exact) mass is 672 g/mol. The number of carbonyl (C=O) groups excluding carboxylic acids is 2. The quantitative estimate of drug-likeness (QED) is 0.0747. The number of hydrogen-bond acceptors (Lipinski definition) is 6. The molecular weight excluding hydrogens is 640 g/mol. The number of fused-ring (bicyclic) bond motifs is 2. The Labute approximate surface area is 280 Å². The van der Waals surface area contributed by atoms with Crippen LogP contribution < -0.4 is 9.47 Å². The van der Waals surface area contributed by atoms with E-state index in [9.17, 15) is 9.59 Å². The lowest BCUT2D eigenvalue weighted by molar-refractivity contribution is -0.187. The summed E-state index contributed by atoms with van der Waals surface area (Å²) in [6, 6.07) is 21.5. The third kappa shape index (κ3) is 7.59. The molecule has 0 N–H and O–H groups in total. The smallest absolute Gasteiger partial charge is 0.427 e. The zero-order valence-corrected chi connectivity index (χ0v) is 27.0. The topological polar surface area (TPSA) is 71.1 Å². The van der Waals surface area contributed by atoms with Crippen LogP contribution in [0.2, 0.25) is 0 Å². The van der Waals surface area contributed by atoms with Gasteiger partial charge in [0.15, 0.2) is 0 Å². The number of alkyl halides is 4. The van der Waals surface area contributed by atoms with Crippen molar-refractivity contribution < 1.29 is 46.1 Å². The summed E-state index contributed by atoms with van der Waals surface area (Å²) in [5.74, 6) is -1.73. The minimum absolute atomic E-state index is 0.125. The number of halogens is 4. The van der Waals surface area contributed by atoms with Crippen LogP contribution in [-0.4, -0.2) is 11.9 Å². The molecule has 0 amide bonds. The van der Waals surface area contributed by atoms with Gasteiger partial charge in [0.1, 0.15) is 24.7 Å². The van der Waals surface area contributed by atoms with Gasteiger partial charge in [-0.25, -0.2) is 9.59 Å². The highest BCUT2D eigenvalue weighted by molar-refractivity contribution is 5.91. The maximum atomic E-state index is 15.7. The minimum Gasteiger partial charge on any atom is -0.457 e. The molecule has 0 aliphatic rings. The van der Waals surface area contributed by atoms with Crippen molar-refractivity contribution in [2.75, 3.05) is 0 Å². The lowest BCUT2D eigenvalue weighted by Gasteiger charge is -2.23. The van der Waals surface area contributed by atoms with E-state index in [0.717, 1.165) is 12.1 Å². The molecule has 0 aromatic heterocycles. The molecule has 49 heavy (non-hydrogen) atoms. The average Bonchev–Trinajstić information content (AvgIpc) is 3.06. The Morgan fingerprint density at radius 2 is 1.04 bits per heavy atom. The molecule has 0 heterocycles. The highest BCUT2D eigenvalue weighted by Crippen LogP contribution is 2.41. The number of esters is 2. The van der Waals surface area contributed by atoms with Crippen LogP contribution in [0.4, 0.5) is 17.6 Å². The van der Waals surface area contributed by atoms with Crippen molar-refractivity contribution in [3.05, 3.63) is 143 Å². The number of hydrogen-bond donors (Lipinski definition) is 0. The summed E-state index contributed by atoms with van der Waals surface area (Å²) in [7, 11) is 0. The van der Waals surface area contributed by atoms with Crippen LogP contribution in [0, 0.1) is 6.92 Å². The van der Waals surface area contributed by atoms with Gasteiger partial charge < -0.3 is 18.9 Å². The van der Waals surface area contributed by atoms with Gasteiger partial charge >= 0.3 is 24.2 Å². The Morgan fingerprint density at radius 3 is 1.47 bits per heavy atom. The van der Waals surface area contributed by atoms with Crippen molar-refractivity contribution >= 4 is 33.5 Å². The second kappa shape index (κ2) is 13.8. The Kier molecular flexibility index (Phi) is 9.80. The maximum absolute atomic E-state index is 15.7. The predicted octanol–water partition coefficient (Wildman–Crippen LogP) is 9.80. The van der Waals surface area contributed by atoms with Crippen molar-refractivity contribution in [3.63, 3.8) is 0 Å². The van der Waals surface area contributed by atoms with Crippen LogP contribution in [0.1, 0.15) is 41.7 Å². The van der Waals surface area contributed by atoms with E-state index in [1.54, 1.807) is 36.4 Å². The maximum Gasteiger partial charge on any atom is 0.427 e. The molecule has 5 aromatic carbocycles. The lowest BCUT2D eigenvalue weighted by atomic mass is 9.99. The van der Waals surface area contributed by atoms with Crippen molar-refractivity contribution in [1.29, 1.82) is 0 Å². The van der Waals surface area contributed by atoms with Crippen LogP contribution in [0.3, 0.4) is 0 Å². The first-order chi connectivity index (χ1) is 23.2. The van der Waals surface area contributed by atoms with Crippen molar-refractivity contribution in [2.45, 2.75) is 46.2 Å². The fourth-order valence-electron chi connectivity index (χ4n) is 5.21. The summed E-state index contributed by atoms with van der Waals surface area (Å²) in [4.78, 5) is 23.8. The first-order valence-electron chi connectivity index (χ1n) is 15.1. The summed E-state index contributed by atoms with van der Waals surface area (Å²) in [5, 5.41) is 1.24. The molecule has 0 spiro atoms. The van der Waals surface area contributed by atoms with Gasteiger partial charge in [0, 0.05) is 11.1 Å². The highest BCUT2D eigenvalue weighted by atomic mass is 19.3. The van der Waals surface area contributed by atoms with E-state index in [2.05, 4.69) is 13.2 Å². The molecule has 5 aromatic rings. The summed E-state index contributed by atoms with van der Waals surface area (Å²) < 4.78 is 83.5. The molecule has 0 atom stereocenters. The molecule has 10 heteroatoms. The van der Waals surface area contributed by atoms with Gasteiger partial charge in [0.05, 0.1) is 11.1 Å². The van der Waals surface area contributed by atoms with Crippen LogP contribution in [-0.2, 0) is 44.5 Å². The highest BCUT2D eigenvalue weighted by Gasteiger charge is 2.39. The van der Waals surface area contributed by atoms with E-state index < -0.39 is 35.3 Å². The molecule has 0 aliphatic carbocycles. The SMILES string of the molecule is C=C(C)C(=O)OCc1ccc(C(F)(F)Oc2ccc(OC(F)(F)c3ccc(COC(=O)C(=C)C)c4ccccc34)c(C)c2)c2ccccc12. The van der Waals surface area contributed by atoms with Crippen molar-refractivity contribution in [2.24, 2.45) is 0 Å². The second-order valence-electron chi connectivity index (χ2n) is 11.5. The zero-order valence-electron chi connectivity index (χ0n) is 27.0. The minimum atomic E-state index is -3.83. The Morgan fingerprint density at radius 1 is 0.612 bits per heavy atom. The van der Waals surface area contributed by atoms with Gasteiger partial charge in [-0.05, 0) is 89.3 Å². The molecule has 0 unspecified atom stereocenters. The van der Waals surface area contributed by atoms with Crippen molar-refractivity contribution in [3.8, 4) is 11.5 Å². The predicted molar refractivity (Wildman–Crippen MR) is 177 cm³/mol. The molecule has 0 saturated carbocycles. The van der Waals surface area contributed by atoms with E-state index in [1.807, 2.05) is 0 Å². The van der Waals surface area contributed by atoms with Crippen LogP contribution in [0.5, 0.6) is 11.5 Å². The van der Waals surface area contributed by atoms with E-state index in [-0.39, 0.29) is 52.2 Å². The molecule has 0 saturated heterocycles. The molecule has 0 aliphatic heterocycles. The number of aryl methyl sites for hydroxylation is 1. The number of benzene rings is 5. The lowest BCUT2D eigenvalue weighted by Crippen LogP contribution is -2.24. The summed E-state index contributed by atoms with van der Waals surface area (Å²) in [6.07, 6.45) is -7.66. The average molecular weight is 673 g/mol. The molecule has 0 radical (unpaired) electrons. The van der Waals surface area contributed by atoms with Crippen LogP contribution in [0.25, 0.3) is 21.5 Å². The van der Waals surface area contributed by atoms with E-state index in [1.165, 1.54) is 63.2 Å². The second-order valence-corrected chi connectivity index (χ2v) is 11.5. The Hall–Kier alpha value is -5.64. The van der Waals surface area contributed by atoms with Gasteiger partial charge in [0.2, 0.25) is 0 Å². The van der Waals surface area contributed by atoms with E-state index in [4.69, 9.17) is 18.9 Å². The Bertz CT molecular complexity index is 2100. The van der Waals surface area contributed by atoms with E-state index >= 15 is 17.6 Å². The van der Waals surface area contributed by atoms with Crippen LogP contribution in [0.15, 0.2) is 115 Å². The molecule has 252 valence electrons. The fraction of sp³-hybridized carbons (Fsp3) is 0.179. The van der Waals surface area contributed by atoms with Gasteiger partial charge in [0.25, 0.3) is 0 Å². The standard InChI is InChI=1S/C39H32F4O6/c1-23(2)36(44)46-21-26-14-17-33(31-12-8-6-10-29(26)31)38(40,41)48-28-16-19-35(25(5)20-28)49-39(42,43)34-18-15-27(22-47-37(45)24(3)4)30-11-7-9-13-32(30)34/h6-20H,1,3,21-22H2,2,4-5H3. The van der Waals surface area contributed by atoms with Gasteiger partial charge in [-0.2, -0.15) is 17.6 Å². The largest absolute Gasteiger partial charge is 0.457 e. The van der Waals surface area contributed by atoms with Gasteiger partial charge in [-0.3, -0.25) is 0 Å². The van der Waals surface area contributed by atoms with Crippen LogP contribution >= 0.6 is 0 Å². The normalized spacial score (nSPS) is 11.7. The van der Waals surface area contributed by atoms with Gasteiger partial charge in [-0.1, -0.05) is 73.8 Å². The van der Waals surface area contributed by atoms with Crippen molar-refractivity contribution in [1.82, 2.24) is 0 Å². The fourth-order valence-corrected chi connectivity index (χ4v) is 5.21. The Balaban J connectivity index is 1.37. The first kappa shape index (κ1) is 34.7. The molecule has 5 rings (SSSR count). The van der Waals surface area contributed by atoms with E-state index in [0.29, 0.717) is 21.9 Å². The third-order valence-corrected chi connectivity index (χ3v) is 7.70. The zero-order chi connectivity index (χ0) is 35.5. The molecule has 0 bridgehead atoms. The first-order valence-corrected chi connectivity index (χ1v) is 15.1. The van der Waals surface area contributed by atoms with Gasteiger partial charge in [-0.15, -0.1) is 0 Å². The molecular formula is C39H32F4O6. The molecule has 0 fully saturated rings. The third-order valence-electron chi connectivity index (χ3n) is 7.70. The molecule has 6 nitrogen and oxygen atoms in total.